The molecule has 7 heteroatoms. The molecular weight excluding hydrogens is 650 g/mol. The average molecular weight is 697 g/mol. The fourth-order valence-corrected chi connectivity index (χ4v) is 5.52. The maximum atomic E-state index is 4.94. The Balaban J connectivity index is 0.000000246. The Morgan fingerprint density at radius 2 is 1.00 bits per heavy atom. The summed E-state index contributed by atoms with van der Waals surface area (Å²) < 4.78 is 19.1. The molecule has 2 aliphatic heterocycles. The molecule has 2 aliphatic rings. The van der Waals surface area contributed by atoms with Crippen molar-refractivity contribution in [3.8, 4) is 0 Å². The zero-order chi connectivity index (χ0) is 25.5. The summed E-state index contributed by atoms with van der Waals surface area (Å²) in [7, 11) is 0. The number of hydrogen-bond acceptors (Lipinski definition) is 4. The van der Waals surface area contributed by atoms with Gasteiger partial charge in [0.25, 0.3) is 0 Å². The molecule has 0 aliphatic carbocycles. The first-order valence-electron chi connectivity index (χ1n) is 12.4. The Hall–Kier alpha value is -0.868. The van der Waals surface area contributed by atoms with E-state index >= 15 is 0 Å². The third-order valence-corrected chi connectivity index (χ3v) is 11.2. The van der Waals surface area contributed by atoms with Crippen molar-refractivity contribution in [2.75, 3.05) is 26.4 Å². The molecule has 0 radical (unpaired) electrons. The van der Waals surface area contributed by atoms with Crippen molar-refractivity contribution in [2.24, 2.45) is 4.51 Å². The minimum atomic E-state index is -1.14. The van der Waals surface area contributed by atoms with E-state index in [1.54, 1.807) is 0 Å². The summed E-state index contributed by atoms with van der Waals surface area (Å²) in [5, 5.41) is 0. The summed E-state index contributed by atoms with van der Waals surface area (Å²) in [6.45, 7) is 21.1. The Morgan fingerprint density at radius 3 is 1.21 bits per heavy atom. The van der Waals surface area contributed by atoms with Gasteiger partial charge in [-0.2, -0.15) is 23.8 Å². The standard InChI is InChI=1S/C11H12N2.2C4H9N.2C4H8O.U/c1-11(2,9-5-3-7-12-9)10-6-4-8-13-10;2*1-4(2,3)5;2*1-2-4-5-3-1;/h3-8H,1-2H3;2*1-3H3;2*1-4H2;/q-2;;;;;+2. The van der Waals surface area contributed by atoms with E-state index in [4.69, 9.17) is 9.47 Å². The zero-order valence-electron chi connectivity index (χ0n) is 22.7. The second-order valence-corrected chi connectivity index (χ2v) is 13.7. The van der Waals surface area contributed by atoms with E-state index in [1.165, 1.54) is 25.7 Å². The first-order chi connectivity index (χ1) is 15.9. The van der Waals surface area contributed by atoms with Gasteiger partial charge in [0.2, 0.25) is 0 Å². The molecule has 2 aromatic heterocycles. The molecule has 2 aromatic rings. The fourth-order valence-electron chi connectivity index (χ4n) is 2.82. The van der Waals surface area contributed by atoms with Gasteiger partial charge in [-0.05, 0) is 31.1 Å². The largest absolute Gasteiger partial charge is 0.667 e. The molecular formula is C27H46N4O2U. The van der Waals surface area contributed by atoms with E-state index in [0.717, 1.165) is 37.8 Å². The number of nitrogens with zero attached hydrogens (tertiary/aromatic N) is 4. The Morgan fingerprint density at radius 1 is 0.647 bits per heavy atom. The van der Waals surface area contributed by atoms with Gasteiger partial charge in [-0.1, -0.05) is 38.1 Å². The normalized spacial score (nSPS) is 15.5. The van der Waals surface area contributed by atoms with Gasteiger partial charge in [0.05, 0.1) is 0 Å². The van der Waals surface area contributed by atoms with E-state index in [2.05, 4.69) is 69.9 Å². The Labute approximate surface area is 222 Å². The summed E-state index contributed by atoms with van der Waals surface area (Å²) in [6, 6.07) is 7.99. The maximum Gasteiger partial charge on any atom is -0.0261 e. The van der Waals surface area contributed by atoms with E-state index in [1.807, 2.05) is 36.7 Å². The zero-order valence-corrected chi connectivity index (χ0v) is 26.9. The van der Waals surface area contributed by atoms with Crippen molar-refractivity contribution >= 4 is 0 Å². The van der Waals surface area contributed by atoms with E-state index in [9.17, 15) is 0 Å². The average Bonchev–Trinajstić information content (AvgIpc) is 3.56. The second kappa shape index (κ2) is 16.0. The molecule has 2 fully saturated rings. The van der Waals surface area contributed by atoms with Crippen LogP contribution in [-0.2, 0) is 14.9 Å². The molecule has 0 atom stereocenters. The van der Waals surface area contributed by atoms with Crippen molar-refractivity contribution in [3.05, 3.63) is 48.0 Å². The minimum absolute atomic E-state index is 0.0764. The molecule has 0 spiro atoms. The van der Waals surface area contributed by atoms with Crippen LogP contribution >= 0.6 is 0 Å². The SMILES string of the molecule is C1CCOC1.C1CCOC1.CC(C)(C)[N]=[U+2]=[N]C(C)(C)C.CC(C)(c1ccc[n-]1)c1ccc[n-]1. The number of aromatic nitrogens is 2. The Kier molecular flexibility index (Phi) is 14.7. The van der Waals surface area contributed by atoms with Gasteiger partial charge in [0, 0.05) is 26.4 Å². The topological polar surface area (TPSA) is 71.4 Å². The van der Waals surface area contributed by atoms with Crippen LogP contribution in [0.5, 0.6) is 0 Å². The van der Waals surface area contributed by atoms with Crippen LogP contribution in [-0.4, -0.2) is 37.5 Å². The fraction of sp³-hybridized carbons (Fsp3) is 0.704. The van der Waals surface area contributed by atoms with Crippen LogP contribution in [0.25, 0.3) is 0 Å². The van der Waals surface area contributed by atoms with Gasteiger partial charge in [0.15, 0.2) is 0 Å². The Bertz CT molecular complexity index is 722. The molecule has 0 saturated carbocycles. The van der Waals surface area contributed by atoms with Crippen LogP contribution in [0.1, 0.15) is 92.5 Å². The molecule has 0 aromatic carbocycles. The molecule has 34 heavy (non-hydrogen) atoms. The van der Waals surface area contributed by atoms with E-state index in [-0.39, 0.29) is 16.5 Å². The minimum Gasteiger partial charge on any atom is -0.667 e. The molecule has 2 saturated heterocycles. The van der Waals surface area contributed by atoms with Gasteiger partial charge in [-0.3, -0.25) is 0 Å². The van der Waals surface area contributed by atoms with Crippen LogP contribution in [0.3, 0.4) is 0 Å². The van der Waals surface area contributed by atoms with Crippen molar-refractivity contribution < 1.29 is 36.9 Å². The third-order valence-electron chi connectivity index (χ3n) is 4.81. The molecule has 190 valence electrons. The predicted molar refractivity (Wildman–Crippen MR) is 136 cm³/mol. The van der Waals surface area contributed by atoms with Crippen LogP contribution < -0.4 is 9.97 Å². The van der Waals surface area contributed by atoms with Crippen LogP contribution in [0.2, 0.25) is 0 Å². The van der Waals surface area contributed by atoms with Crippen molar-refractivity contribution in [2.45, 2.75) is 97.6 Å². The van der Waals surface area contributed by atoms with E-state index < -0.39 is 27.4 Å². The second-order valence-electron chi connectivity index (χ2n) is 11.0. The van der Waals surface area contributed by atoms with Gasteiger partial charge in [0.1, 0.15) is 0 Å². The van der Waals surface area contributed by atoms with Crippen molar-refractivity contribution in [1.82, 2.24) is 9.97 Å². The van der Waals surface area contributed by atoms with Crippen molar-refractivity contribution in [1.29, 1.82) is 0 Å². The molecule has 4 heterocycles. The number of ether oxygens (including phenoxy) is 2. The quantitative estimate of drug-likeness (QED) is 0.357. The predicted octanol–water partition coefficient (Wildman–Crippen LogP) is 6.56. The molecule has 4 rings (SSSR count). The monoisotopic (exact) mass is 696 g/mol. The van der Waals surface area contributed by atoms with Crippen LogP contribution in [0, 0.1) is 27.4 Å². The molecule has 0 amide bonds. The van der Waals surface area contributed by atoms with Gasteiger partial charge < -0.3 is 19.4 Å². The summed E-state index contributed by atoms with van der Waals surface area (Å²) in [4.78, 5) is 8.61. The van der Waals surface area contributed by atoms with Crippen LogP contribution in [0.4, 0.5) is 0 Å². The smallest absolute Gasteiger partial charge is 0.0261 e. The van der Waals surface area contributed by atoms with E-state index in [0.29, 0.717) is 0 Å². The third kappa shape index (κ3) is 15.2. The summed E-state index contributed by atoms with van der Waals surface area (Å²) in [5.41, 5.74) is 2.36. The maximum absolute atomic E-state index is 4.94. The number of rotatable bonds is 2. The summed E-state index contributed by atoms with van der Waals surface area (Å²) in [6.07, 6.45) is 8.75. The molecule has 6 nitrogen and oxygen atoms in total. The first kappa shape index (κ1) is 31.2. The summed E-state index contributed by atoms with van der Waals surface area (Å²) >= 11 is -1.14. The van der Waals surface area contributed by atoms with Gasteiger partial charge >= 0.3 is 84.6 Å². The van der Waals surface area contributed by atoms with Gasteiger partial charge in [-0.15, -0.1) is 0 Å². The first-order valence-corrected chi connectivity index (χ1v) is 16.1. The number of hydrogen-bond donors (Lipinski definition) is 0. The molecule has 0 bridgehead atoms. The van der Waals surface area contributed by atoms with Crippen molar-refractivity contribution in [3.63, 3.8) is 0 Å². The molecule has 0 unspecified atom stereocenters. The van der Waals surface area contributed by atoms with Crippen LogP contribution in [0.15, 0.2) is 41.2 Å². The van der Waals surface area contributed by atoms with Gasteiger partial charge in [-0.25, -0.2) is 0 Å². The summed E-state index contributed by atoms with van der Waals surface area (Å²) in [5.74, 6) is 0. The molecule has 0 N–H and O–H groups in total.